The second-order valence-corrected chi connectivity index (χ2v) is 6.29. The van der Waals surface area contributed by atoms with Gasteiger partial charge in [-0.25, -0.2) is 4.79 Å². The number of fused-ring (bicyclic) bond motifs is 1. The Hall–Kier alpha value is -2.55. The fourth-order valence-corrected chi connectivity index (χ4v) is 3.82. The van der Waals surface area contributed by atoms with E-state index in [1.54, 1.807) is 29.2 Å². The molecule has 2 aliphatic rings. The predicted octanol–water partition coefficient (Wildman–Crippen LogP) is 2.21. The second-order valence-electron chi connectivity index (χ2n) is 6.29. The molecule has 1 heterocycles. The molecule has 1 aromatic rings. The number of nitriles is 1. The van der Waals surface area contributed by atoms with E-state index in [2.05, 4.69) is 5.32 Å². The van der Waals surface area contributed by atoms with Crippen molar-refractivity contribution < 1.29 is 9.59 Å². The number of nitrogens with one attached hydrogen (secondary N) is 1. The molecule has 1 saturated heterocycles. The normalized spacial score (nSPS) is 26.2. The highest BCUT2D eigenvalue weighted by molar-refractivity contribution is 5.94. The molecule has 1 aliphatic carbocycles. The molecule has 0 bridgehead atoms. The lowest BCUT2D eigenvalue weighted by Crippen LogP contribution is -2.49. The summed E-state index contributed by atoms with van der Waals surface area (Å²) in [5.74, 6) is -0.0673. The van der Waals surface area contributed by atoms with Crippen molar-refractivity contribution in [2.45, 2.75) is 44.2 Å². The van der Waals surface area contributed by atoms with Crippen molar-refractivity contribution in [2.75, 3.05) is 5.32 Å². The zero-order valence-corrected chi connectivity index (χ0v) is 12.9. The zero-order valence-electron chi connectivity index (χ0n) is 12.9. The molecular formula is C17H20N4O2. The summed E-state index contributed by atoms with van der Waals surface area (Å²) in [5.41, 5.74) is 6.66. The monoisotopic (exact) mass is 312 g/mol. The van der Waals surface area contributed by atoms with Gasteiger partial charge in [-0.05, 0) is 49.4 Å². The summed E-state index contributed by atoms with van der Waals surface area (Å²) in [6.45, 7) is 0. The summed E-state index contributed by atoms with van der Waals surface area (Å²) in [5, 5.41) is 11.6. The molecule has 23 heavy (non-hydrogen) atoms. The molecule has 1 aromatic carbocycles. The van der Waals surface area contributed by atoms with Crippen LogP contribution in [0.1, 0.15) is 37.7 Å². The highest BCUT2D eigenvalue weighted by Gasteiger charge is 2.46. The molecule has 6 nitrogen and oxygen atoms in total. The fraction of sp³-hybridized carbons (Fsp3) is 0.471. The van der Waals surface area contributed by atoms with E-state index in [4.69, 9.17) is 11.0 Å². The van der Waals surface area contributed by atoms with Gasteiger partial charge >= 0.3 is 6.03 Å². The molecule has 3 atom stereocenters. The molecular weight excluding hydrogens is 292 g/mol. The Morgan fingerprint density at radius 1 is 1.22 bits per heavy atom. The molecule has 0 aromatic heterocycles. The van der Waals surface area contributed by atoms with Crippen LogP contribution in [0.2, 0.25) is 0 Å². The SMILES string of the molecule is N#Cc1ccc(NC(=O)N2[C@H](C(N)=O)C[C@@H]3CCCC[C@@H]32)cc1. The van der Waals surface area contributed by atoms with Gasteiger partial charge in [0.25, 0.3) is 0 Å². The van der Waals surface area contributed by atoms with Gasteiger partial charge in [-0.1, -0.05) is 12.8 Å². The Morgan fingerprint density at radius 3 is 2.57 bits per heavy atom. The number of nitrogens with zero attached hydrogens (tertiary/aromatic N) is 2. The Balaban J connectivity index is 1.77. The number of nitrogens with two attached hydrogens (primary N) is 1. The smallest absolute Gasteiger partial charge is 0.322 e. The van der Waals surface area contributed by atoms with Crippen LogP contribution in [0, 0.1) is 17.2 Å². The first-order chi connectivity index (χ1) is 11.1. The van der Waals surface area contributed by atoms with Crippen molar-refractivity contribution in [3.63, 3.8) is 0 Å². The van der Waals surface area contributed by atoms with Crippen molar-refractivity contribution >= 4 is 17.6 Å². The van der Waals surface area contributed by atoms with E-state index >= 15 is 0 Å². The van der Waals surface area contributed by atoms with Gasteiger partial charge in [-0.2, -0.15) is 5.26 Å². The zero-order chi connectivity index (χ0) is 16.4. The molecule has 1 aliphatic heterocycles. The number of urea groups is 1. The number of hydrogen-bond donors (Lipinski definition) is 2. The first-order valence-corrected chi connectivity index (χ1v) is 7.99. The predicted molar refractivity (Wildman–Crippen MR) is 85.4 cm³/mol. The van der Waals surface area contributed by atoms with Crippen LogP contribution in [0.15, 0.2) is 24.3 Å². The Morgan fingerprint density at radius 2 is 1.91 bits per heavy atom. The number of carbonyl (C=O) groups is 2. The summed E-state index contributed by atoms with van der Waals surface area (Å²) in [7, 11) is 0. The minimum absolute atomic E-state index is 0.0969. The molecule has 3 N–H and O–H groups in total. The van der Waals surface area contributed by atoms with Crippen LogP contribution in [0.4, 0.5) is 10.5 Å². The van der Waals surface area contributed by atoms with Crippen LogP contribution in [-0.4, -0.2) is 28.9 Å². The van der Waals surface area contributed by atoms with E-state index < -0.39 is 11.9 Å². The number of benzene rings is 1. The van der Waals surface area contributed by atoms with Crippen LogP contribution in [0.5, 0.6) is 0 Å². The van der Waals surface area contributed by atoms with Crippen molar-refractivity contribution in [1.82, 2.24) is 4.90 Å². The van der Waals surface area contributed by atoms with Crippen molar-refractivity contribution in [2.24, 2.45) is 11.7 Å². The van der Waals surface area contributed by atoms with Gasteiger partial charge in [0.1, 0.15) is 6.04 Å². The van der Waals surface area contributed by atoms with E-state index in [-0.39, 0.29) is 12.1 Å². The third-order valence-corrected chi connectivity index (χ3v) is 4.92. The fourth-order valence-electron chi connectivity index (χ4n) is 3.82. The highest BCUT2D eigenvalue weighted by atomic mass is 16.2. The number of hydrogen-bond acceptors (Lipinski definition) is 3. The quantitative estimate of drug-likeness (QED) is 0.875. The average molecular weight is 312 g/mol. The van der Waals surface area contributed by atoms with Crippen molar-refractivity contribution in [1.29, 1.82) is 5.26 Å². The van der Waals surface area contributed by atoms with E-state index in [0.29, 0.717) is 23.6 Å². The van der Waals surface area contributed by atoms with E-state index in [0.717, 1.165) is 25.7 Å². The van der Waals surface area contributed by atoms with Crippen LogP contribution in [0.3, 0.4) is 0 Å². The summed E-state index contributed by atoms with van der Waals surface area (Å²) in [6, 6.07) is 7.99. The molecule has 3 rings (SSSR count). The summed E-state index contributed by atoms with van der Waals surface area (Å²) in [6.07, 6.45) is 4.87. The Bertz CT molecular complexity index is 650. The molecule has 6 heteroatoms. The van der Waals surface area contributed by atoms with Gasteiger partial charge in [-0.15, -0.1) is 0 Å². The average Bonchev–Trinajstić information content (AvgIpc) is 2.95. The molecule has 3 amide bonds. The van der Waals surface area contributed by atoms with Crippen molar-refractivity contribution in [3.05, 3.63) is 29.8 Å². The van der Waals surface area contributed by atoms with Crippen LogP contribution in [0.25, 0.3) is 0 Å². The molecule has 1 saturated carbocycles. The van der Waals surface area contributed by atoms with Gasteiger partial charge in [0.05, 0.1) is 11.6 Å². The lowest BCUT2D eigenvalue weighted by atomic mass is 9.85. The summed E-state index contributed by atoms with van der Waals surface area (Å²) in [4.78, 5) is 26.1. The largest absolute Gasteiger partial charge is 0.368 e. The highest BCUT2D eigenvalue weighted by Crippen LogP contribution is 2.39. The number of carbonyl (C=O) groups excluding carboxylic acids is 2. The lowest BCUT2D eigenvalue weighted by Gasteiger charge is -2.33. The minimum atomic E-state index is -0.526. The molecule has 0 radical (unpaired) electrons. The molecule has 2 fully saturated rings. The number of likely N-dealkylation sites (tertiary alicyclic amines) is 1. The molecule has 120 valence electrons. The summed E-state index contributed by atoms with van der Waals surface area (Å²) >= 11 is 0. The maximum absolute atomic E-state index is 12.7. The standard InChI is InChI=1S/C17H20N4O2/c18-10-11-5-7-13(8-6-11)20-17(23)21-14-4-2-1-3-12(14)9-15(21)16(19)22/h5-8,12,14-15H,1-4,9H2,(H2,19,22)(H,20,23)/t12-,14-,15-/m0/s1. The summed E-state index contributed by atoms with van der Waals surface area (Å²) < 4.78 is 0. The van der Waals surface area contributed by atoms with Gasteiger partial charge < -0.3 is 16.0 Å². The Kier molecular flexibility index (Phi) is 4.20. The van der Waals surface area contributed by atoms with Crippen LogP contribution < -0.4 is 11.1 Å². The van der Waals surface area contributed by atoms with Gasteiger partial charge in [0, 0.05) is 11.7 Å². The van der Waals surface area contributed by atoms with Gasteiger partial charge in [0.2, 0.25) is 5.91 Å². The van der Waals surface area contributed by atoms with E-state index in [1.165, 1.54) is 0 Å². The first kappa shape index (κ1) is 15.3. The topological polar surface area (TPSA) is 99.2 Å². The second kappa shape index (κ2) is 6.29. The third kappa shape index (κ3) is 3.00. The molecule has 0 unspecified atom stereocenters. The first-order valence-electron chi connectivity index (χ1n) is 7.99. The maximum Gasteiger partial charge on any atom is 0.322 e. The Labute approximate surface area is 135 Å². The maximum atomic E-state index is 12.7. The number of anilines is 1. The number of primary amides is 1. The lowest BCUT2D eigenvalue weighted by molar-refractivity contribution is -0.121. The number of amides is 3. The van der Waals surface area contributed by atoms with E-state index in [9.17, 15) is 9.59 Å². The molecule has 0 spiro atoms. The van der Waals surface area contributed by atoms with Crippen LogP contribution in [-0.2, 0) is 4.79 Å². The van der Waals surface area contributed by atoms with Crippen LogP contribution >= 0.6 is 0 Å². The third-order valence-electron chi connectivity index (χ3n) is 4.92. The number of rotatable bonds is 2. The minimum Gasteiger partial charge on any atom is -0.368 e. The van der Waals surface area contributed by atoms with Gasteiger partial charge in [-0.3, -0.25) is 4.79 Å². The van der Waals surface area contributed by atoms with E-state index in [1.807, 2.05) is 6.07 Å². The van der Waals surface area contributed by atoms with Gasteiger partial charge in [0.15, 0.2) is 0 Å². The van der Waals surface area contributed by atoms with Crippen molar-refractivity contribution in [3.8, 4) is 6.07 Å².